The van der Waals surface area contributed by atoms with Gasteiger partial charge in [0.1, 0.15) is 5.82 Å². The Morgan fingerprint density at radius 3 is 2.93 bits per heavy atom. The summed E-state index contributed by atoms with van der Waals surface area (Å²) in [6.07, 6.45) is 3.70. The van der Waals surface area contributed by atoms with Gasteiger partial charge in [0.2, 0.25) is 0 Å². The number of nitrogens with zero attached hydrogens (tertiary/aromatic N) is 2. The van der Waals surface area contributed by atoms with Gasteiger partial charge in [-0.15, -0.1) is 0 Å². The number of anilines is 1. The van der Waals surface area contributed by atoms with Crippen LogP contribution in [0.15, 0.2) is 6.07 Å². The maximum absolute atomic E-state index is 6.02. The first-order valence-corrected chi connectivity index (χ1v) is 5.67. The van der Waals surface area contributed by atoms with Gasteiger partial charge in [0.05, 0.1) is 5.69 Å². The van der Waals surface area contributed by atoms with Gasteiger partial charge in [-0.3, -0.25) is 4.68 Å². The standard InChI is InChI=1S/C11H20N4/c1-8-7-11(15(2)14-8)13-6-5-10(12)9-3-4-9/h7,9-10,13H,3-6,12H2,1-2H3. The summed E-state index contributed by atoms with van der Waals surface area (Å²) in [6.45, 7) is 2.94. The summed E-state index contributed by atoms with van der Waals surface area (Å²) in [5, 5.41) is 7.65. The minimum Gasteiger partial charge on any atom is -0.370 e. The number of nitrogens with one attached hydrogen (secondary N) is 1. The highest BCUT2D eigenvalue weighted by Crippen LogP contribution is 2.32. The Morgan fingerprint density at radius 2 is 2.40 bits per heavy atom. The molecule has 0 aliphatic heterocycles. The molecule has 1 unspecified atom stereocenters. The van der Waals surface area contributed by atoms with Crippen molar-refractivity contribution in [2.75, 3.05) is 11.9 Å². The summed E-state index contributed by atoms with van der Waals surface area (Å²) >= 11 is 0. The van der Waals surface area contributed by atoms with Crippen LogP contribution in [-0.2, 0) is 7.05 Å². The van der Waals surface area contributed by atoms with E-state index < -0.39 is 0 Å². The minimum atomic E-state index is 0.381. The topological polar surface area (TPSA) is 55.9 Å². The predicted molar refractivity (Wildman–Crippen MR) is 61.8 cm³/mol. The van der Waals surface area contributed by atoms with Crippen LogP contribution in [0, 0.1) is 12.8 Å². The SMILES string of the molecule is Cc1cc(NCCC(N)C2CC2)n(C)n1. The molecule has 1 aromatic rings. The molecule has 4 nitrogen and oxygen atoms in total. The molecule has 0 spiro atoms. The summed E-state index contributed by atoms with van der Waals surface area (Å²) in [5.74, 6) is 1.87. The molecule has 1 atom stereocenters. The highest BCUT2D eigenvalue weighted by atomic mass is 15.3. The second-order valence-electron chi connectivity index (χ2n) is 4.51. The van der Waals surface area contributed by atoms with Crippen LogP contribution < -0.4 is 11.1 Å². The van der Waals surface area contributed by atoms with E-state index in [2.05, 4.69) is 16.5 Å². The van der Waals surface area contributed by atoms with Crippen LogP contribution in [0.4, 0.5) is 5.82 Å². The van der Waals surface area contributed by atoms with Crippen molar-refractivity contribution in [2.45, 2.75) is 32.2 Å². The summed E-state index contributed by atoms with van der Waals surface area (Å²) < 4.78 is 1.87. The Labute approximate surface area is 90.8 Å². The predicted octanol–water partition coefficient (Wildman–Crippen LogP) is 1.27. The van der Waals surface area contributed by atoms with Crippen LogP contribution in [0.3, 0.4) is 0 Å². The number of nitrogens with two attached hydrogens (primary N) is 1. The Balaban J connectivity index is 1.75. The molecule has 15 heavy (non-hydrogen) atoms. The first-order chi connectivity index (χ1) is 7.16. The minimum absolute atomic E-state index is 0.381. The average molecular weight is 208 g/mol. The third-order valence-corrected chi connectivity index (χ3v) is 3.01. The van der Waals surface area contributed by atoms with E-state index in [0.717, 1.165) is 30.4 Å². The molecule has 1 saturated carbocycles. The Hall–Kier alpha value is -1.03. The molecule has 4 heteroatoms. The molecule has 0 saturated heterocycles. The zero-order valence-corrected chi connectivity index (χ0v) is 9.53. The van der Waals surface area contributed by atoms with Crippen LogP contribution in [0.2, 0.25) is 0 Å². The highest BCUT2D eigenvalue weighted by Gasteiger charge is 2.27. The molecule has 0 bridgehead atoms. The molecule has 0 radical (unpaired) electrons. The van der Waals surface area contributed by atoms with Crippen molar-refractivity contribution in [1.82, 2.24) is 9.78 Å². The second kappa shape index (κ2) is 4.23. The Kier molecular flexibility index (Phi) is 2.95. The zero-order valence-electron chi connectivity index (χ0n) is 9.53. The van der Waals surface area contributed by atoms with E-state index in [1.807, 2.05) is 18.7 Å². The average Bonchev–Trinajstić information content (AvgIpc) is 2.94. The van der Waals surface area contributed by atoms with E-state index in [-0.39, 0.29) is 0 Å². The van der Waals surface area contributed by atoms with Crippen molar-refractivity contribution in [2.24, 2.45) is 18.7 Å². The van der Waals surface area contributed by atoms with Gasteiger partial charge >= 0.3 is 0 Å². The molecule has 3 N–H and O–H groups in total. The van der Waals surface area contributed by atoms with E-state index in [0.29, 0.717) is 6.04 Å². The van der Waals surface area contributed by atoms with Crippen molar-refractivity contribution in [3.63, 3.8) is 0 Å². The lowest BCUT2D eigenvalue weighted by Gasteiger charge is -2.11. The van der Waals surface area contributed by atoms with Crippen LogP contribution in [0.1, 0.15) is 25.0 Å². The maximum atomic E-state index is 6.02. The van der Waals surface area contributed by atoms with Gasteiger partial charge in [-0.05, 0) is 32.1 Å². The van der Waals surface area contributed by atoms with Crippen molar-refractivity contribution < 1.29 is 0 Å². The molecule has 84 valence electrons. The number of hydrogen-bond acceptors (Lipinski definition) is 3. The number of aryl methyl sites for hydroxylation is 2. The number of aromatic nitrogens is 2. The summed E-state index contributed by atoms with van der Waals surface area (Å²) in [4.78, 5) is 0. The summed E-state index contributed by atoms with van der Waals surface area (Å²) in [6, 6.07) is 2.44. The molecule has 1 aliphatic rings. The smallest absolute Gasteiger partial charge is 0.124 e. The third-order valence-electron chi connectivity index (χ3n) is 3.01. The van der Waals surface area contributed by atoms with Gasteiger partial charge in [-0.1, -0.05) is 0 Å². The van der Waals surface area contributed by atoms with Crippen LogP contribution in [0.5, 0.6) is 0 Å². The van der Waals surface area contributed by atoms with E-state index in [1.165, 1.54) is 12.8 Å². The molecule has 1 aliphatic carbocycles. The van der Waals surface area contributed by atoms with Gasteiger partial charge in [0.25, 0.3) is 0 Å². The van der Waals surface area contributed by atoms with E-state index in [4.69, 9.17) is 5.73 Å². The quantitative estimate of drug-likeness (QED) is 0.766. The lowest BCUT2D eigenvalue weighted by Crippen LogP contribution is -2.25. The number of hydrogen-bond donors (Lipinski definition) is 2. The van der Waals surface area contributed by atoms with Crippen molar-refractivity contribution >= 4 is 5.82 Å². The first-order valence-electron chi connectivity index (χ1n) is 5.67. The third kappa shape index (κ3) is 2.72. The molecule has 0 amide bonds. The summed E-state index contributed by atoms with van der Waals surface area (Å²) in [5.41, 5.74) is 7.07. The normalized spacial score (nSPS) is 17.8. The van der Waals surface area contributed by atoms with Gasteiger partial charge in [-0.25, -0.2) is 0 Å². The van der Waals surface area contributed by atoms with Crippen LogP contribution in [-0.4, -0.2) is 22.4 Å². The Bertz CT molecular complexity index is 327. The van der Waals surface area contributed by atoms with Gasteiger partial charge in [0, 0.05) is 25.7 Å². The van der Waals surface area contributed by atoms with Crippen molar-refractivity contribution in [3.8, 4) is 0 Å². The number of rotatable bonds is 5. The molecule has 1 heterocycles. The Morgan fingerprint density at radius 1 is 1.67 bits per heavy atom. The van der Waals surface area contributed by atoms with E-state index in [9.17, 15) is 0 Å². The maximum Gasteiger partial charge on any atom is 0.124 e. The molecule has 1 fully saturated rings. The fourth-order valence-electron chi connectivity index (χ4n) is 1.90. The van der Waals surface area contributed by atoms with E-state index >= 15 is 0 Å². The van der Waals surface area contributed by atoms with Crippen molar-refractivity contribution in [1.29, 1.82) is 0 Å². The zero-order chi connectivity index (χ0) is 10.8. The highest BCUT2D eigenvalue weighted by molar-refractivity contribution is 5.36. The van der Waals surface area contributed by atoms with Gasteiger partial charge < -0.3 is 11.1 Å². The fourth-order valence-corrected chi connectivity index (χ4v) is 1.90. The molecular weight excluding hydrogens is 188 g/mol. The summed E-state index contributed by atoms with van der Waals surface area (Å²) in [7, 11) is 1.95. The first kappa shape index (κ1) is 10.5. The van der Waals surface area contributed by atoms with Crippen LogP contribution >= 0.6 is 0 Å². The monoisotopic (exact) mass is 208 g/mol. The lowest BCUT2D eigenvalue weighted by molar-refractivity contribution is 0.563. The molecule has 2 rings (SSSR count). The van der Waals surface area contributed by atoms with Gasteiger partial charge in [0.15, 0.2) is 0 Å². The lowest BCUT2D eigenvalue weighted by atomic mass is 10.1. The largest absolute Gasteiger partial charge is 0.370 e. The van der Waals surface area contributed by atoms with E-state index in [1.54, 1.807) is 0 Å². The van der Waals surface area contributed by atoms with Crippen molar-refractivity contribution in [3.05, 3.63) is 11.8 Å². The van der Waals surface area contributed by atoms with Gasteiger partial charge in [-0.2, -0.15) is 5.10 Å². The second-order valence-corrected chi connectivity index (χ2v) is 4.51. The fraction of sp³-hybridized carbons (Fsp3) is 0.727. The molecular formula is C11H20N4. The molecule has 0 aromatic carbocycles. The molecule has 1 aromatic heterocycles. The van der Waals surface area contributed by atoms with Crippen LogP contribution in [0.25, 0.3) is 0 Å².